The minimum absolute atomic E-state index is 0.136. The van der Waals surface area contributed by atoms with E-state index in [4.69, 9.17) is 5.73 Å². The van der Waals surface area contributed by atoms with Gasteiger partial charge >= 0.3 is 0 Å². The number of hydrogen-bond donors (Lipinski definition) is 1. The Bertz CT molecular complexity index is 643. The molecule has 0 spiro atoms. The molecule has 5 heteroatoms. The fourth-order valence-corrected chi connectivity index (χ4v) is 2.68. The van der Waals surface area contributed by atoms with Gasteiger partial charge in [0.05, 0.1) is 11.4 Å². The van der Waals surface area contributed by atoms with Gasteiger partial charge in [0.25, 0.3) is 5.56 Å². The third-order valence-electron chi connectivity index (χ3n) is 3.11. The smallest absolute Gasteiger partial charge is 0.294 e. The number of aromatic nitrogens is 2. The Morgan fingerprint density at radius 1 is 1.32 bits per heavy atom. The Kier molecular flexibility index (Phi) is 4.14. The average molecular weight is 324 g/mol. The van der Waals surface area contributed by atoms with Crippen molar-refractivity contribution in [3.05, 3.63) is 44.8 Å². The number of hydrogen-bond acceptors (Lipinski definition) is 2. The van der Waals surface area contributed by atoms with Gasteiger partial charge in [0, 0.05) is 11.0 Å². The van der Waals surface area contributed by atoms with Crippen molar-refractivity contribution in [2.24, 2.45) is 0 Å². The van der Waals surface area contributed by atoms with Crippen LogP contribution >= 0.6 is 15.9 Å². The predicted octanol–water partition coefficient (Wildman–Crippen LogP) is 2.96. The Morgan fingerprint density at radius 3 is 2.63 bits per heavy atom. The molecule has 0 amide bonds. The molecule has 0 unspecified atom stereocenters. The summed E-state index contributed by atoms with van der Waals surface area (Å²) < 4.78 is 4.60. The van der Waals surface area contributed by atoms with Crippen molar-refractivity contribution >= 4 is 21.6 Å². The fourth-order valence-electron chi connectivity index (χ4n) is 2.29. The van der Waals surface area contributed by atoms with Crippen molar-refractivity contribution in [3.63, 3.8) is 0 Å². The maximum atomic E-state index is 12.4. The summed E-state index contributed by atoms with van der Waals surface area (Å²) in [5, 5.41) is 0. The van der Waals surface area contributed by atoms with E-state index in [0.29, 0.717) is 5.69 Å². The van der Waals surface area contributed by atoms with Gasteiger partial charge in [-0.25, -0.2) is 4.68 Å². The zero-order valence-corrected chi connectivity index (χ0v) is 12.8. The molecule has 102 valence electrons. The van der Waals surface area contributed by atoms with E-state index in [0.717, 1.165) is 35.2 Å². The van der Waals surface area contributed by atoms with Crippen LogP contribution in [0.3, 0.4) is 0 Å². The molecular weight excluding hydrogens is 306 g/mol. The first kappa shape index (κ1) is 13.9. The molecule has 0 saturated heterocycles. The van der Waals surface area contributed by atoms with Gasteiger partial charge in [-0.05, 0) is 31.0 Å². The lowest BCUT2D eigenvalue weighted by Crippen LogP contribution is -2.22. The highest BCUT2D eigenvalue weighted by molar-refractivity contribution is 9.10. The van der Waals surface area contributed by atoms with Crippen LogP contribution < -0.4 is 11.3 Å². The zero-order valence-electron chi connectivity index (χ0n) is 11.2. The quantitative estimate of drug-likeness (QED) is 0.940. The second kappa shape index (κ2) is 5.65. The minimum atomic E-state index is -0.136. The van der Waals surface area contributed by atoms with Gasteiger partial charge in [0.1, 0.15) is 5.69 Å². The van der Waals surface area contributed by atoms with Crippen LogP contribution in [0.4, 0.5) is 5.69 Å². The Labute approximate surface area is 120 Å². The highest BCUT2D eigenvalue weighted by Crippen LogP contribution is 2.18. The second-order valence-corrected chi connectivity index (χ2v) is 5.35. The van der Waals surface area contributed by atoms with Gasteiger partial charge in [-0.3, -0.25) is 9.48 Å². The summed E-state index contributed by atoms with van der Waals surface area (Å²) in [6.45, 7) is 4.88. The summed E-state index contributed by atoms with van der Waals surface area (Å²) in [5.74, 6) is 0. The first-order valence-electron chi connectivity index (χ1n) is 6.46. The molecule has 0 atom stereocenters. The van der Waals surface area contributed by atoms with Gasteiger partial charge in [0.15, 0.2) is 0 Å². The van der Waals surface area contributed by atoms with Crippen molar-refractivity contribution in [2.45, 2.75) is 33.2 Å². The molecule has 2 aromatic rings. The maximum absolute atomic E-state index is 12.4. The first-order chi connectivity index (χ1) is 9.10. The van der Waals surface area contributed by atoms with E-state index >= 15 is 0 Å². The van der Waals surface area contributed by atoms with E-state index in [1.807, 2.05) is 35.9 Å². The zero-order chi connectivity index (χ0) is 14.0. The van der Waals surface area contributed by atoms with E-state index < -0.39 is 0 Å². The molecule has 0 radical (unpaired) electrons. The average Bonchev–Trinajstić information content (AvgIpc) is 2.62. The monoisotopic (exact) mass is 323 g/mol. The van der Waals surface area contributed by atoms with Gasteiger partial charge in [-0.15, -0.1) is 0 Å². The van der Waals surface area contributed by atoms with Crippen LogP contribution in [0.15, 0.2) is 33.5 Å². The van der Waals surface area contributed by atoms with Crippen molar-refractivity contribution < 1.29 is 0 Å². The maximum Gasteiger partial charge on any atom is 0.294 e. The number of anilines is 1. The molecule has 0 fully saturated rings. The molecule has 0 aliphatic rings. The third kappa shape index (κ3) is 2.47. The van der Waals surface area contributed by atoms with Crippen LogP contribution in [0, 0.1) is 0 Å². The summed E-state index contributed by atoms with van der Waals surface area (Å²) in [7, 11) is 0. The summed E-state index contributed by atoms with van der Waals surface area (Å²) in [6.07, 6.45) is 1.70. The highest BCUT2D eigenvalue weighted by atomic mass is 79.9. The second-order valence-electron chi connectivity index (χ2n) is 4.43. The third-order valence-corrected chi connectivity index (χ3v) is 3.60. The molecular formula is C14H18BrN3O. The number of halogens is 1. The number of nitrogen functional groups attached to an aromatic ring is 1. The van der Waals surface area contributed by atoms with Crippen LogP contribution in [0.1, 0.15) is 26.0 Å². The topological polar surface area (TPSA) is 52.9 Å². The molecule has 19 heavy (non-hydrogen) atoms. The number of rotatable bonds is 4. The van der Waals surface area contributed by atoms with E-state index in [1.54, 1.807) is 4.68 Å². The molecule has 0 saturated carbocycles. The lowest BCUT2D eigenvalue weighted by atomic mass is 10.3. The summed E-state index contributed by atoms with van der Waals surface area (Å²) in [6, 6.07) is 7.69. The summed E-state index contributed by atoms with van der Waals surface area (Å²) >= 11 is 3.43. The number of nitrogens with two attached hydrogens (primary N) is 1. The lowest BCUT2D eigenvalue weighted by molar-refractivity contribution is 0.516. The van der Waals surface area contributed by atoms with Crippen LogP contribution in [-0.2, 0) is 13.0 Å². The molecule has 0 bridgehead atoms. The van der Waals surface area contributed by atoms with Crippen LogP contribution in [-0.4, -0.2) is 9.36 Å². The van der Waals surface area contributed by atoms with Crippen LogP contribution in [0.2, 0.25) is 0 Å². The van der Waals surface area contributed by atoms with Crippen molar-refractivity contribution in [3.8, 4) is 5.69 Å². The summed E-state index contributed by atoms with van der Waals surface area (Å²) in [5.41, 5.74) is 7.92. The van der Waals surface area contributed by atoms with E-state index in [-0.39, 0.29) is 5.56 Å². The van der Waals surface area contributed by atoms with Gasteiger partial charge in [-0.2, -0.15) is 0 Å². The molecule has 0 aliphatic carbocycles. The van der Waals surface area contributed by atoms with E-state index in [1.165, 1.54) is 0 Å². The standard InChI is InChI=1S/C14H18BrN3O/c1-3-8-17-12(4-2)13(16)14(19)18(17)11-7-5-6-10(15)9-11/h5-7,9H,3-4,8,16H2,1-2H3. The molecule has 0 aliphatic heterocycles. The van der Waals surface area contributed by atoms with E-state index in [9.17, 15) is 4.79 Å². The number of benzene rings is 1. The molecule has 2 rings (SSSR count). The highest BCUT2D eigenvalue weighted by Gasteiger charge is 2.16. The van der Waals surface area contributed by atoms with Crippen molar-refractivity contribution in [1.82, 2.24) is 9.36 Å². The molecule has 4 nitrogen and oxygen atoms in total. The molecule has 1 aromatic carbocycles. The van der Waals surface area contributed by atoms with Crippen LogP contribution in [0.25, 0.3) is 5.69 Å². The first-order valence-corrected chi connectivity index (χ1v) is 7.25. The van der Waals surface area contributed by atoms with Crippen molar-refractivity contribution in [2.75, 3.05) is 5.73 Å². The van der Waals surface area contributed by atoms with Gasteiger partial charge in [-0.1, -0.05) is 35.8 Å². The normalized spacial score (nSPS) is 10.9. The molecule has 2 N–H and O–H groups in total. The Balaban J connectivity index is 2.71. The van der Waals surface area contributed by atoms with Gasteiger partial charge in [0.2, 0.25) is 0 Å². The SMILES string of the molecule is CCCn1c(CC)c(N)c(=O)n1-c1cccc(Br)c1. The molecule has 1 aromatic heterocycles. The lowest BCUT2D eigenvalue weighted by Gasteiger charge is -2.13. The van der Waals surface area contributed by atoms with Crippen LogP contribution in [0.5, 0.6) is 0 Å². The minimum Gasteiger partial charge on any atom is -0.393 e. The molecule has 1 heterocycles. The Hall–Kier alpha value is -1.49. The fraction of sp³-hybridized carbons (Fsp3) is 0.357. The largest absolute Gasteiger partial charge is 0.393 e. The van der Waals surface area contributed by atoms with Crippen molar-refractivity contribution in [1.29, 1.82) is 0 Å². The Morgan fingerprint density at radius 2 is 2.05 bits per heavy atom. The summed E-state index contributed by atoms with van der Waals surface area (Å²) in [4.78, 5) is 12.4. The van der Waals surface area contributed by atoms with E-state index in [2.05, 4.69) is 22.9 Å². The number of nitrogens with zero attached hydrogens (tertiary/aromatic N) is 2. The predicted molar refractivity (Wildman–Crippen MR) is 81.8 cm³/mol. The van der Waals surface area contributed by atoms with Gasteiger partial charge < -0.3 is 5.73 Å².